The highest BCUT2D eigenvalue weighted by molar-refractivity contribution is 7.90. The third-order valence-corrected chi connectivity index (χ3v) is 8.51. The maximum atomic E-state index is 13.2. The maximum Gasteiger partial charge on any atom is 0.351 e. The van der Waals surface area contributed by atoms with Crippen molar-refractivity contribution in [3.05, 3.63) is 60.3 Å². The molecule has 12 nitrogen and oxygen atoms in total. The molecule has 0 bridgehead atoms. The Kier molecular flexibility index (Phi) is 10.9. The fourth-order valence-electron chi connectivity index (χ4n) is 3.55. The zero-order chi connectivity index (χ0) is 29.3. The second-order valence-electron chi connectivity index (χ2n) is 8.65. The number of benzene rings is 2. The van der Waals surface area contributed by atoms with Gasteiger partial charge in [-0.1, -0.05) is 6.92 Å². The molecule has 40 heavy (non-hydrogen) atoms. The molecule has 1 amide bonds. The van der Waals surface area contributed by atoms with Crippen molar-refractivity contribution in [3.8, 4) is 17.2 Å². The van der Waals surface area contributed by atoms with Crippen molar-refractivity contribution in [2.24, 2.45) is 0 Å². The predicted molar refractivity (Wildman–Crippen MR) is 149 cm³/mol. The second kappa shape index (κ2) is 13.9. The van der Waals surface area contributed by atoms with E-state index in [1.807, 2.05) is 6.92 Å². The molecule has 0 radical (unpaired) electrons. The Balaban J connectivity index is 1.83. The molecule has 0 spiro atoms. The lowest BCUT2D eigenvalue weighted by molar-refractivity contribution is 0.102. The molecule has 0 aliphatic heterocycles. The maximum absolute atomic E-state index is 13.2. The van der Waals surface area contributed by atoms with E-state index in [1.54, 1.807) is 32.2 Å². The number of aromatic nitrogens is 2. The fourth-order valence-corrected chi connectivity index (χ4v) is 5.72. The van der Waals surface area contributed by atoms with Crippen molar-refractivity contribution in [2.45, 2.75) is 44.5 Å². The number of amides is 1. The monoisotopic (exact) mass is 595 g/mol. The second-order valence-corrected chi connectivity index (χ2v) is 12.7. The van der Waals surface area contributed by atoms with Gasteiger partial charge in [-0.25, -0.2) is 8.42 Å². The number of aliphatic hydroxyl groups excluding tert-OH is 1. The average molecular weight is 596 g/mol. The van der Waals surface area contributed by atoms with Crippen molar-refractivity contribution in [1.82, 2.24) is 9.78 Å². The van der Waals surface area contributed by atoms with Crippen LogP contribution in [0, 0.1) is 0 Å². The first-order valence-electron chi connectivity index (χ1n) is 12.6. The fraction of sp³-hybridized carbons (Fsp3) is 0.385. The first kappa shape index (κ1) is 31.3. The zero-order valence-electron chi connectivity index (χ0n) is 22.8. The van der Waals surface area contributed by atoms with Gasteiger partial charge < -0.3 is 28.9 Å². The Labute approximate surface area is 233 Å². The quantitative estimate of drug-likeness (QED) is 0.236. The Morgan fingerprint density at radius 3 is 2.25 bits per heavy atom. The number of rotatable bonds is 15. The lowest BCUT2D eigenvalue weighted by Crippen LogP contribution is -2.20. The van der Waals surface area contributed by atoms with E-state index in [0.29, 0.717) is 12.2 Å². The van der Waals surface area contributed by atoms with E-state index in [-0.39, 0.29) is 53.9 Å². The first-order chi connectivity index (χ1) is 19.0. The Bertz CT molecular complexity index is 1430. The molecule has 14 heteroatoms. The normalized spacial score (nSPS) is 12.6. The third kappa shape index (κ3) is 8.90. The molecular weight excluding hydrogens is 561 g/mol. The highest BCUT2D eigenvalue weighted by Gasteiger charge is 2.25. The van der Waals surface area contributed by atoms with Gasteiger partial charge in [0.25, 0.3) is 5.91 Å². The summed E-state index contributed by atoms with van der Waals surface area (Å²) >= 11 is 0. The zero-order valence-corrected chi connectivity index (χ0v) is 24.5. The minimum Gasteiger partial charge on any atom is -0.488 e. The van der Waals surface area contributed by atoms with Crippen LogP contribution in [0.15, 0.2) is 59.6 Å². The number of hydrogen-bond acceptors (Lipinski definition) is 10. The Morgan fingerprint density at radius 1 is 1.02 bits per heavy atom. The molecule has 0 unspecified atom stereocenters. The van der Waals surface area contributed by atoms with E-state index < -0.39 is 29.4 Å². The number of carbonyl (C=O) groups excluding carboxylic acids is 1. The van der Waals surface area contributed by atoms with Gasteiger partial charge in [-0.3, -0.25) is 14.0 Å². The van der Waals surface area contributed by atoms with Gasteiger partial charge in [0, 0.05) is 30.1 Å². The molecule has 3 rings (SSSR count). The molecule has 2 N–H and O–H groups in total. The van der Waals surface area contributed by atoms with E-state index in [0.717, 1.165) is 6.26 Å². The number of ether oxygens (including phenoxy) is 2. The number of aliphatic hydroxyl groups is 1. The minimum absolute atomic E-state index is 0.121. The summed E-state index contributed by atoms with van der Waals surface area (Å²) < 4.78 is 60.0. The van der Waals surface area contributed by atoms with Crippen LogP contribution in [-0.4, -0.2) is 61.4 Å². The number of nitrogens with one attached hydrogen (secondary N) is 1. The highest BCUT2D eigenvalue weighted by Crippen LogP contribution is 2.49. The molecule has 1 atom stereocenters. The lowest BCUT2D eigenvalue weighted by Gasteiger charge is -2.17. The third-order valence-electron chi connectivity index (χ3n) is 5.44. The number of carbonyl (C=O) groups is 1. The molecular formula is C26H34N3O9PS. The molecule has 218 valence electrons. The van der Waals surface area contributed by atoms with Crippen LogP contribution in [0.2, 0.25) is 0 Å². The van der Waals surface area contributed by atoms with Crippen molar-refractivity contribution < 1.29 is 41.4 Å². The summed E-state index contributed by atoms with van der Waals surface area (Å²) in [5.74, 6) is 0.565. The largest absolute Gasteiger partial charge is 0.488 e. The molecule has 3 aromatic rings. The Hall–Kier alpha value is -3.22. The smallest absolute Gasteiger partial charge is 0.351 e. The molecule has 1 heterocycles. The van der Waals surface area contributed by atoms with E-state index in [4.69, 9.17) is 18.5 Å². The van der Waals surface area contributed by atoms with Crippen LogP contribution in [-0.2, 0) is 29.7 Å². The van der Waals surface area contributed by atoms with E-state index in [9.17, 15) is 22.9 Å². The summed E-state index contributed by atoms with van der Waals surface area (Å²) in [7, 11) is -6.77. The van der Waals surface area contributed by atoms with Crippen molar-refractivity contribution >= 4 is 29.2 Å². The first-order valence-corrected chi connectivity index (χ1v) is 16.2. The predicted octanol–water partition coefficient (Wildman–Crippen LogP) is 4.70. The van der Waals surface area contributed by atoms with Crippen molar-refractivity contribution in [1.29, 1.82) is 0 Å². The summed E-state index contributed by atoms with van der Waals surface area (Å²) in [5, 5.41) is 16.5. The molecule has 0 aliphatic rings. The van der Waals surface area contributed by atoms with E-state index >= 15 is 0 Å². The van der Waals surface area contributed by atoms with Gasteiger partial charge in [0.05, 0.1) is 24.7 Å². The van der Waals surface area contributed by atoms with Crippen LogP contribution in [0.5, 0.6) is 17.2 Å². The van der Waals surface area contributed by atoms with Crippen LogP contribution >= 0.6 is 7.60 Å². The highest BCUT2D eigenvalue weighted by atomic mass is 32.2. The van der Waals surface area contributed by atoms with Gasteiger partial charge >= 0.3 is 7.60 Å². The van der Waals surface area contributed by atoms with Gasteiger partial charge in [-0.2, -0.15) is 5.10 Å². The summed E-state index contributed by atoms with van der Waals surface area (Å²) in [4.78, 5) is 13.3. The summed E-state index contributed by atoms with van der Waals surface area (Å²) in [6.07, 6.45) is 2.56. The van der Waals surface area contributed by atoms with Crippen LogP contribution < -0.4 is 14.8 Å². The molecule has 2 aromatic carbocycles. The SMILES string of the molecule is CCOP(=O)(Cn1ccc(NC(=O)c2cc(Oc3ccc(S(C)(=O)=O)cc3)cc(O[C@@H](CC)CO)c2)n1)OCC. The van der Waals surface area contributed by atoms with Crippen LogP contribution in [0.4, 0.5) is 5.82 Å². The van der Waals surface area contributed by atoms with Gasteiger partial charge in [-0.15, -0.1) is 0 Å². The standard InChI is InChI=1S/C26H34N3O9PS/c1-5-20(17-30)37-22-14-19(15-23(16-22)38-21-8-10-24(11-9-21)40(4,33)34)26(31)27-25-12-13-29(28-25)18-39(32,35-6-2)36-7-3/h8-16,20,30H,5-7,17-18H2,1-4H3,(H,27,28,31)/t20-/m0/s1. The summed E-state index contributed by atoms with van der Waals surface area (Å²) in [5.41, 5.74) is 0.178. The topological polar surface area (TPSA) is 155 Å². The molecule has 0 saturated heterocycles. The summed E-state index contributed by atoms with van der Waals surface area (Å²) in [6.45, 7) is 5.48. The average Bonchev–Trinajstić information content (AvgIpc) is 3.33. The molecule has 0 aliphatic carbocycles. The van der Waals surface area contributed by atoms with E-state index in [1.165, 1.54) is 41.1 Å². The van der Waals surface area contributed by atoms with Gasteiger partial charge in [0.2, 0.25) is 0 Å². The number of sulfone groups is 1. The number of anilines is 1. The number of hydrogen-bond donors (Lipinski definition) is 2. The minimum atomic E-state index is -3.40. The molecule has 0 saturated carbocycles. The Morgan fingerprint density at radius 2 is 1.68 bits per heavy atom. The van der Waals surface area contributed by atoms with Crippen LogP contribution in [0.25, 0.3) is 0 Å². The molecule has 1 aromatic heterocycles. The van der Waals surface area contributed by atoms with Gasteiger partial charge in [-0.05, 0) is 56.7 Å². The van der Waals surface area contributed by atoms with E-state index in [2.05, 4.69) is 10.4 Å². The number of nitrogens with zero attached hydrogens (tertiary/aromatic N) is 2. The van der Waals surface area contributed by atoms with Gasteiger partial charge in [0.1, 0.15) is 29.6 Å². The summed E-state index contributed by atoms with van der Waals surface area (Å²) in [6, 6.07) is 11.9. The van der Waals surface area contributed by atoms with Crippen molar-refractivity contribution in [3.63, 3.8) is 0 Å². The van der Waals surface area contributed by atoms with Crippen LogP contribution in [0.1, 0.15) is 37.6 Å². The van der Waals surface area contributed by atoms with Gasteiger partial charge in [0.15, 0.2) is 15.7 Å². The molecule has 0 fully saturated rings. The van der Waals surface area contributed by atoms with Crippen LogP contribution in [0.3, 0.4) is 0 Å². The van der Waals surface area contributed by atoms with Crippen molar-refractivity contribution in [2.75, 3.05) is 31.4 Å². The lowest BCUT2D eigenvalue weighted by atomic mass is 10.1.